The molecule has 0 aromatic rings. The van der Waals surface area contributed by atoms with Crippen LogP contribution in [0, 0.1) is 11.3 Å². The molecule has 100 valence electrons. The minimum Gasteiger partial charge on any atom is -0.383 e. The van der Waals surface area contributed by atoms with E-state index in [1.165, 1.54) is 38.8 Å². The third-order valence-electron chi connectivity index (χ3n) is 4.52. The number of likely N-dealkylation sites (tertiary alicyclic amines) is 1. The highest BCUT2D eigenvalue weighted by atomic mass is 16.5. The molecule has 3 heteroatoms. The summed E-state index contributed by atoms with van der Waals surface area (Å²) in [6, 6.07) is 0.594. The number of piperidine rings is 1. The zero-order chi connectivity index (χ0) is 12.3. The Hall–Kier alpha value is -0.120. The number of hydrogen-bond donors (Lipinski definition) is 1. The van der Waals surface area contributed by atoms with Gasteiger partial charge in [0, 0.05) is 19.7 Å². The molecule has 2 rings (SSSR count). The molecule has 1 N–H and O–H groups in total. The van der Waals surface area contributed by atoms with Crippen LogP contribution in [0.25, 0.3) is 0 Å². The predicted molar refractivity (Wildman–Crippen MR) is 71.2 cm³/mol. The van der Waals surface area contributed by atoms with E-state index in [1.807, 2.05) is 7.11 Å². The van der Waals surface area contributed by atoms with Gasteiger partial charge in [-0.15, -0.1) is 0 Å². The van der Waals surface area contributed by atoms with Crippen LogP contribution < -0.4 is 5.32 Å². The number of methoxy groups -OCH3 is 1. The van der Waals surface area contributed by atoms with Crippen molar-refractivity contribution in [2.45, 2.75) is 38.6 Å². The summed E-state index contributed by atoms with van der Waals surface area (Å²) < 4.78 is 5.32. The zero-order valence-corrected chi connectivity index (χ0v) is 11.7. The van der Waals surface area contributed by atoms with E-state index in [9.17, 15) is 0 Å². The van der Waals surface area contributed by atoms with Gasteiger partial charge in [-0.25, -0.2) is 0 Å². The molecule has 1 saturated heterocycles. The van der Waals surface area contributed by atoms with Gasteiger partial charge in [0.05, 0.1) is 6.61 Å². The Morgan fingerprint density at radius 3 is 2.53 bits per heavy atom. The fourth-order valence-corrected chi connectivity index (χ4v) is 2.75. The molecule has 1 unspecified atom stereocenters. The molecule has 1 atom stereocenters. The van der Waals surface area contributed by atoms with Crippen molar-refractivity contribution in [1.29, 1.82) is 0 Å². The Morgan fingerprint density at radius 1 is 1.35 bits per heavy atom. The Labute approximate surface area is 106 Å². The highest BCUT2D eigenvalue weighted by Gasteiger charge is 2.34. The van der Waals surface area contributed by atoms with Crippen LogP contribution in [0.4, 0.5) is 0 Å². The van der Waals surface area contributed by atoms with Gasteiger partial charge in [-0.2, -0.15) is 0 Å². The van der Waals surface area contributed by atoms with E-state index in [2.05, 4.69) is 24.2 Å². The van der Waals surface area contributed by atoms with Crippen molar-refractivity contribution < 1.29 is 4.74 Å². The van der Waals surface area contributed by atoms with Gasteiger partial charge in [0.1, 0.15) is 0 Å². The van der Waals surface area contributed by atoms with E-state index in [4.69, 9.17) is 4.74 Å². The summed E-state index contributed by atoms with van der Waals surface area (Å²) in [5, 5.41) is 3.76. The Bertz CT molecular complexity index is 232. The molecule has 0 bridgehead atoms. The second kappa shape index (κ2) is 5.68. The lowest BCUT2D eigenvalue weighted by Crippen LogP contribution is -2.46. The third kappa shape index (κ3) is 3.94. The molecular formula is C14H28N2O. The Morgan fingerprint density at radius 2 is 2.00 bits per heavy atom. The molecule has 3 nitrogen and oxygen atoms in total. The number of rotatable bonds is 6. The first-order chi connectivity index (χ1) is 8.13. The van der Waals surface area contributed by atoms with E-state index in [1.54, 1.807) is 0 Å². The van der Waals surface area contributed by atoms with Crippen LogP contribution in [0.2, 0.25) is 0 Å². The molecule has 0 amide bonds. The topological polar surface area (TPSA) is 24.5 Å². The monoisotopic (exact) mass is 240 g/mol. The van der Waals surface area contributed by atoms with Crippen molar-refractivity contribution >= 4 is 0 Å². The molecule has 17 heavy (non-hydrogen) atoms. The number of hydrogen-bond acceptors (Lipinski definition) is 3. The number of nitrogens with zero attached hydrogens (tertiary/aromatic N) is 1. The van der Waals surface area contributed by atoms with E-state index in [0.29, 0.717) is 11.5 Å². The average molecular weight is 240 g/mol. The fourth-order valence-electron chi connectivity index (χ4n) is 2.75. The maximum Gasteiger partial charge on any atom is 0.0618 e. The number of nitrogens with one attached hydrogen (secondary N) is 1. The lowest BCUT2D eigenvalue weighted by atomic mass is 9.80. The van der Waals surface area contributed by atoms with E-state index < -0.39 is 0 Å². The molecule has 0 aromatic heterocycles. The summed E-state index contributed by atoms with van der Waals surface area (Å²) >= 11 is 0. The van der Waals surface area contributed by atoms with Crippen LogP contribution in [0.15, 0.2) is 0 Å². The van der Waals surface area contributed by atoms with E-state index in [-0.39, 0.29) is 0 Å². The molecule has 1 aliphatic carbocycles. The van der Waals surface area contributed by atoms with Crippen LogP contribution in [-0.2, 0) is 4.74 Å². The van der Waals surface area contributed by atoms with Crippen molar-refractivity contribution in [3.8, 4) is 0 Å². The smallest absolute Gasteiger partial charge is 0.0618 e. The van der Waals surface area contributed by atoms with Crippen molar-refractivity contribution in [3.63, 3.8) is 0 Å². The molecule has 1 heterocycles. The lowest BCUT2D eigenvalue weighted by molar-refractivity contribution is 0.114. The first kappa shape index (κ1) is 13.3. The molecule has 2 fully saturated rings. The lowest BCUT2D eigenvalue weighted by Gasteiger charge is -2.39. The predicted octanol–water partition coefficient (Wildman–Crippen LogP) is 1.73. The third-order valence-corrected chi connectivity index (χ3v) is 4.52. The van der Waals surface area contributed by atoms with Gasteiger partial charge in [0.25, 0.3) is 0 Å². The van der Waals surface area contributed by atoms with E-state index >= 15 is 0 Å². The summed E-state index contributed by atoms with van der Waals surface area (Å²) in [6.45, 7) is 6.96. The maximum absolute atomic E-state index is 5.32. The van der Waals surface area contributed by atoms with Crippen LogP contribution in [0.5, 0.6) is 0 Å². The molecule has 2 aliphatic rings. The standard InChI is InChI=1S/C14H28N2O/c1-14(6-8-16(2)9-7-14)11-15-13(10-17-3)12-4-5-12/h12-13,15H,4-11H2,1-3H3. The Balaban J connectivity index is 1.75. The first-order valence-electron chi connectivity index (χ1n) is 7.04. The second-order valence-electron chi connectivity index (χ2n) is 6.39. The summed E-state index contributed by atoms with van der Waals surface area (Å²) in [5.41, 5.74) is 0.493. The second-order valence-corrected chi connectivity index (χ2v) is 6.39. The molecule has 0 radical (unpaired) electrons. The molecule has 1 saturated carbocycles. The normalized spacial score (nSPS) is 27.0. The van der Waals surface area contributed by atoms with Crippen LogP contribution in [0.1, 0.15) is 32.6 Å². The average Bonchev–Trinajstić information content (AvgIpc) is 3.13. The quantitative estimate of drug-likeness (QED) is 0.765. The van der Waals surface area contributed by atoms with Crippen LogP contribution in [-0.4, -0.2) is 51.3 Å². The van der Waals surface area contributed by atoms with Gasteiger partial charge in [-0.1, -0.05) is 6.92 Å². The molecule has 1 aliphatic heterocycles. The van der Waals surface area contributed by atoms with Crippen LogP contribution >= 0.6 is 0 Å². The van der Waals surface area contributed by atoms with Gasteiger partial charge in [-0.3, -0.25) is 0 Å². The largest absolute Gasteiger partial charge is 0.383 e. The summed E-state index contributed by atoms with van der Waals surface area (Å²) in [6.07, 6.45) is 5.42. The van der Waals surface area contributed by atoms with Gasteiger partial charge in [0.15, 0.2) is 0 Å². The zero-order valence-electron chi connectivity index (χ0n) is 11.7. The molecule has 0 aromatic carbocycles. The van der Waals surface area contributed by atoms with E-state index in [0.717, 1.165) is 19.1 Å². The van der Waals surface area contributed by atoms with Crippen molar-refractivity contribution in [1.82, 2.24) is 10.2 Å². The first-order valence-corrected chi connectivity index (χ1v) is 7.04. The maximum atomic E-state index is 5.32. The molecule has 0 spiro atoms. The van der Waals surface area contributed by atoms with Gasteiger partial charge in [0.2, 0.25) is 0 Å². The number of ether oxygens (including phenoxy) is 1. The fraction of sp³-hybridized carbons (Fsp3) is 1.00. The summed E-state index contributed by atoms with van der Waals surface area (Å²) in [5.74, 6) is 0.879. The van der Waals surface area contributed by atoms with Crippen molar-refractivity contribution in [3.05, 3.63) is 0 Å². The summed E-state index contributed by atoms with van der Waals surface area (Å²) in [7, 11) is 4.04. The van der Waals surface area contributed by atoms with Crippen molar-refractivity contribution in [2.75, 3.05) is 40.4 Å². The minimum absolute atomic E-state index is 0.493. The minimum atomic E-state index is 0.493. The molecular weight excluding hydrogens is 212 g/mol. The highest BCUT2D eigenvalue weighted by Crippen LogP contribution is 2.34. The van der Waals surface area contributed by atoms with Crippen molar-refractivity contribution in [2.24, 2.45) is 11.3 Å². The van der Waals surface area contributed by atoms with Gasteiger partial charge >= 0.3 is 0 Å². The van der Waals surface area contributed by atoms with Crippen LogP contribution in [0.3, 0.4) is 0 Å². The van der Waals surface area contributed by atoms with Gasteiger partial charge in [-0.05, 0) is 57.2 Å². The SMILES string of the molecule is COCC(NCC1(C)CCN(C)CC1)C1CC1. The highest BCUT2D eigenvalue weighted by molar-refractivity contribution is 4.90. The Kier molecular flexibility index (Phi) is 4.45. The summed E-state index contributed by atoms with van der Waals surface area (Å²) in [4.78, 5) is 2.44. The van der Waals surface area contributed by atoms with Gasteiger partial charge < -0.3 is 15.0 Å².